The lowest BCUT2D eigenvalue weighted by atomic mass is 9.71. The predicted octanol–water partition coefficient (Wildman–Crippen LogP) is 4.52. The van der Waals surface area contributed by atoms with Crippen LogP contribution in [-0.2, 0) is 0 Å². The minimum atomic E-state index is 0.240. The number of ether oxygens (including phenoxy) is 1. The summed E-state index contributed by atoms with van der Waals surface area (Å²) >= 11 is 6.01. The molecule has 2 N–H and O–H groups in total. The molecule has 1 aliphatic rings. The first-order chi connectivity index (χ1) is 8.37. The summed E-state index contributed by atoms with van der Waals surface area (Å²) in [6.45, 7) is 6.90. The highest BCUT2D eigenvalue weighted by Crippen LogP contribution is 2.41. The number of halogens is 1. The van der Waals surface area contributed by atoms with Crippen molar-refractivity contribution in [3.05, 3.63) is 23.2 Å². The number of rotatable bonds is 2. The molecule has 1 saturated carbocycles. The molecule has 3 heteroatoms. The van der Waals surface area contributed by atoms with Crippen molar-refractivity contribution >= 4 is 17.3 Å². The number of anilines is 1. The van der Waals surface area contributed by atoms with Gasteiger partial charge in [0.25, 0.3) is 0 Å². The number of hydrogen-bond donors (Lipinski definition) is 1. The molecular formula is C15H22ClNO. The van der Waals surface area contributed by atoms with Crippen molar-refractivity contribution < 1.29 is 4.74 Å². The van der Waals surface area contributed by atoms with Crippen LogP contribution in [0.2, 0.25) is 5.02 Å². The normalized spacial score (nSPS) is 26.9. The zero-order valence-electron chi connectivity index (χ0n) is 11.4. The Hall–Kier alpha value is -0.890. The first-order valence-electron chi connectivity index (χ1n) is 6.58. The van der Waals surface area contributed by atoms with Gasteiger partial charge in [-0.2, -0.15) is 0 Å². The third kappa shape index (κ3) is 3.11. The van der Waals surface area contributed by atoms with Crippen LogP contribution in [0.4, 0.5) is 5.69 Å². The van der Waals surface area contributed by atoms with Crippen LogP contribution in [-0.4, -0.2) is 6.10 Å². The molecule has 0 amide bonds. The Kier molecular flexibility index (Phi) is 3.76. The maximum Gasteiger partial charge on any atom is 0.144 e. The molecule has 0 aliphatic heterocycles. The van der Waals surface area contributed by atoms with E-state index in [1.54, 1.807) is 6.07 Å². The largest absolute Gasteiger partial charge is 0.488 e. The molecule has 0 saturated heterocycles. The third-order valence-corrected chi connectivity index (χ3v) is 3.98. The fraction of sp³-hybridized carbons (Fsp3) is 0.600. The topological polar surface area (TPSA) is 35.2 Å². The van der Waals surface area contributed by atoms with Crippen molar-refractivity contribution in [2.45, 2.75) is 46.1 Å². The lowest BCUT2D eigenvalue weighted by molar-refractivity contribution is 0.0567. The number of benzene rings is 1. The highest BCUT2D eigenvalue weighted by molar-refractivity contribution is 6.33. The van der Waals surface area contributed by atoms with Crippen molar-refractivity contribution in [1.82, 2.24) is 0 Å². The molecule has 1 fully saturated rings. The quantitative estimate of drug-likeness (QED) is 0.800. The summed E-state index contributed by atoms with van der Waals surface area (Å²) in [5, 5.41) is 0.565. The Morgan fingerprint density at radius 1 is 1.33 bits per heavy atom. The second-order valence-corrected chi connectivity index (χ2v) is 6.71. The molecule has 1 aliphatic carbocycles. The van der Waals surface area contributed by atoms with Crippen LogP contribution < -0.4 is 10.5 Å². The van der Waals surface area contributed by atoms with Crippen molar-refractivity contribution in [1.29, 1.82) is 0 Å². The van der Waals surface area contributed by atoms with Gasteiger partial charge in [-0.25, -0.2) is 0 Å². The molecule has 2 unspecified atom stereocenters. The summed E-state index contributed by atoms with van der Waals surface area (Å²) < 4.78 is 6.06. The van der Waals surface area contributed by atoms with Gasteiger partial charge in [-0.1, -0.05) is 38.4 Å². The van der Waals surface area contributed by atoms with Gasteiger partial charge in [-0.05, 0) is 42.7 Å². The van der Waals surface area contributed by atoms with Crippen molar-refractivity contribution in [3.63, 3.8) is 0 Å². The van der Waals surface area contributed by atoms with Gasteiger partial charge in [0.05, 0.1) is 16.8 Å². The molecule has 1 aromatic rings. The first kappa shape index (κ1) is 13.5. The zero-order chi connectivity index (χ0) is 13.3. The van der Waals surface area contributed by atoms with Gasteiger partial charge in [-0.3, -0.25) is 0 Å². The average molecular weight is 268 g/mol. The molecular weight excluding hydrogens is 246 g/mol. The first-order valence-corrected chi connectivity index (χ1v) is 6.96. The third-order valence-electron chi connectivity index (χ3n) is 3.65. The van der Waals surface area contributed by atoms with Crippen LogP contribution in [0.25, 0.3) is 0 Å². The summed E-state index contributed by atoms with van der Waals surface area (Å²) in [5.41, 5.74) is 6.84. The van der Waals surface area contributed by atoms with Crippen LogP contribution in [0.5, 0.6) is 5.75 Å². The van der Waals surface area contributed by atoms with E-state index in [-0.39, 0.29) is 6.10 Å². The Morgan fingerprint density at radius 2 is 2.06 bits per heavy atom. The van der Waals surface area contributed by atoms with Crippen molar-refractivity contribution in [3.8, 4) is 5.75 Å². The van der Waals surface area contributed by atoms with Gasteiger partial charge < -0.3 is 10.5 Å². The van der Waals surface area contributed by atoms with Crippen LogP contribution in [0.1, 0.15) is 40.0 Å². The lowest BCUT2D eigenvalue weighted by Crippen LogP contribution is -2.34. The van der Waals surface area contributed by atoms with Crippen molar-refractivity contribution in [2.24, 2.45) is 11.3 Å². The summed E-state index contributed by atoms with van der Waals surface area (Å²) in [6, 6.07) is 5.57. The number of nitrogen functional groups attached to an aromatic ring is 1. The fourth-order valence-electron chi connectivity index (χ4n) is 3.15. The molecule has 0 spiro atoms. The Morgan fingerprint density at radius 3 is 2.72 bits per heavy atom. The van der Waals surface area contributed by atoms with Crippen LogP contribution in [0, 0.1) is 11.3 Å². The highest BCUT2D eigenvalue weighted by atomic mass is 35.5. The van der Waals surface area contributed by atoms with E-state index in [4.69, 9.17) is 22.1 Å². The molecule has 0 bridgehead atoms. The second-order valence-electron chi connectivity index (χ2n) is 6.30. The molecule has 0 heterocycles. The number of nitrogens with two attached hydrogens (primary N) is 1. The average Bonchev–Trinajstić information content (AvgIpc) is 2.22. The van der Waals surface area contributed by atoms with E-state index in [1.165, 1.54) is 6.42 Å². The highest BCUT2D eigenvalue weighted by Gasteiger charge is 2.33. The summed E-state index contributed by atoms with van der Waals surface area (Å²) in [6.07, 6.45) is 3.67. The van der Waals surface area contributed by atoms with Gasteiger partial charge in [-0.15, -0.1) is 0 Å². The van der Waals surface area contributed by atoms with E-state index in [9.17, 15) is 0 Å². The predicted molar refractivity (Wildman–Crippen MR) is 77.1 cm³/mol. The van der Waals surface area contributed by atoms with Gasteiger partial charge in [0.2, 0.25) is 0 Å². The maximum absolute atomic E-state index is 6.06. The van der Waals surface area contributed by atoms with Crippen LogP contribution >= 0.6 is 11.6 Å². The van der Waals surface area contributed by atoms with E-state index in [1.807, 2.05) is 12.1 Å². The van der Waals surface area contributed by atoms with Gasteiger partial charge >= 0.3 is 0 Å². The van der Waals surface area contributed by atoms with Gasteiger partial charge in [0.15, 0.2) is 0 Å². The number of para-hydroxylation sites is 1. The van der Waals surface area contributed by atoms with E-state index in [0.29, 0.717) is 22.0 Å². The smallest absolute Gasteiger partial charge is 0.144 e. The molecule has 0 aromatic heterocycles. The van der Waals surface area contributed by atoms with E-state index in [2.05, 4.69) is 20.8 Å². The molecule has 1 aromatic carbocycles. The minimum Gasteiger partial charge on any atom is -0.488 e. The van der Waals surface area contributed by atoms with Gasteiger partial charge in [0.1, 0.15) is 5.75 Å². The minimum absolute atomic E-state index is 0.240. The molecule has 2 nitrogen and oxygen atoms in total. The van der Waals surface area contributed by atoms with E-state index < -0.39 is 0 Å². The second kappa shape index (κ2) is 5.00. The lowest BCUT2D eigenvalue weighted by Gasteiger charge is -2.39. The van der Waals surface area contributed by atoms with Crippen LogP contribution in [0.3, 0.4) is 0 Å². The van der Waals surface area contributed by atoms with E-state index in [0.717, 1.165) is 18.6 Å². The molecule has 0 radical (unpaired) electrons. The molecule has 18 heavy (non-hydrogen) atoms. The monoisotopic (exact) mass is 267 g/mol. The van der Waals surface area contributed by atoms with E-state index >= 15 is 0 Å². The molecule has 100 valence electrons. The zero-order valence-corrected chi connectivity index (χ0v) is 12.1. The Labute approximate surface area is 114 Å². The Bertz CT molecular complexity index is 431. The summed E-state index contributed by atoms with van der Waals surface area (Å²) in [7, 11) is 0. The molecule has 2 atom stereocenters. The fourth-order valence-corrected chi connectivity index (χ4v) is 3.31. The number of hydrogen-bond acceptors (Lipinski definition) is 2. The summed E-state index contributed by atoms with van der Waals surface area (Å²) in [4.78, 5) is 0. The summed E-state index contributed by atoms with van der Waals surface area (Å²) in [5.74, 6) is 1.41. The van der Waals surface area contributed by atoms with Crippen molar-refractivity contribution in [2.75, 3.05) is 5.73 Å². The maximum atomic E-state index is 6.06. The van der Waals surface area contributed by atoms with Crippen LogP contribution in [0.15, 0.2) is 18.2 Å². The standard InChI is InChI=1S/C15H22ClNO/c1-10-7-11(9-15(2,3)8-10)18-13-6-4-5-12(16)14(13)17/h4-6,10-11H,7-9,17H2,1-3H3. The molecule has 2 rings (SSSR count). The Balaban J connectivity index is 2.11. The SMILES string of the molecule is CC1CC(Oc2cccc(Cl)c2N)CC(C)(C)C1. The van der Waals surface area contributed by atoms with Gasteiger partial charge in [0, 0.05) is 0 Å².